The predicted molar refractivity (Wildman–Crippen MR) is 92.8 cm³/mol. The first-order valence-corrected chi connectivity index (χ1v) is 8.40. The van der Waals surface area contributed by atoms with E-state index in [0.717, 1.165) is 0 Å². The van der Waals surface area contributed by atoms with Gasteiger partial charge in [0.1, 0.15) is 6.34 Å². The minimum atomic E-state index is 0.700. The quantitative estimate of drug-likeness (QED) is 0.218. The number of rotatable bonds is 13. The summed E-state index contributed by atoms with van der Waals surface area (Å²) in [7, 11) is 0. The van der Waals surface area contributed by atoms with Gasteiger partial charge in [0.05, 0.1) is 0 Å². The van der Waals surface area contributed by atoms with Crippen LogP contribution in [-0.2, 0) is 0 Å². The Morgan fingerprint density at radius 3 is 1.95 bits per heavy atom. The molecule has 0 aliphatic heterocycles. The van der Waals surface area contributed by atoms with Gasteiger partial charge in [-0.2, -0.15) is 0 Å². The van der Waals surface area contributed by atoms with Crippen molar-refractivity contribution in [3.8, 4) is 0 Å². The van der Waals surface area contributed by atoms with E-state index < -0.39 is 0 Å². The lowest BCUT2D eigenvalue weighted by Crippen LogP contribution is -2.03. The molecule has 0 N–H and O–H groups in total. The van der Waals surface area contributed by atoms with Crippen molar-refractivity contribution in [3.63, 3.8) is 0 Å². The summed E-state index contributed by atoms with van der Waals surface area (Å²) in [5.41, 5.74) is 1.40. The van der Waals surface area contributed by atoms with Gasteiger partial charge in [0.15, 0.2) is 0 Å². The lowest BCUT2D eigenvalue weighted by Gasteiger charge is -2.17. The molecule has 0 saturated heterocycles. The Morgan fingerprint density at radius 1 is 0.950 bits per heavy atom. The third-order valence-electron chi connectivity index (χ3n) is 3.88. The van der Waals surface area contributed by atoms with E-state index in [0.29, 0.717) is 5.92 Å². The third-order valence-corrected chi connectivity index (χ3v) is 3.88. The lowest BCUT2D eigenvalue weighted by molar-refractivity contribution is 0.454. The average molecular weight is 278 g/mol. The van der Waals surface area contributed by atoms with E-state index in [1.807, 2.05) is 6.20 Å². The van der Waals surface area contributed by atoms with Crippen LogP contribution in [0.15, 0.2) is 21.8 Å². The Bertz CT molecular complexity index is 267. The van der Waals surface area contributed by atoms with Crippen molar-refractivity contribution < 1.29 is 0 Å². The highest BCUT2D eigenvalue weighted by Crippen LogP contribution is 2.25. The highest BCUT2D eigenvalue weighted by molar-refractivity contribution is 5.62. The fraction of sp³-hybridized carbons (Fsp3) is 0.778. The minimum Gasteiger partial charge on any atom is -0.253 e. The zero-order valence-electron chi connectivity index (χ0n) is 13.9. The Kier molecular flexibility index (Phi) is 13.8. The first-order chi connectivity index (χ1) is 9.76. The summed E-state index contributed by atoms with van der Waals surface area (Å²) in [5.74, 6) is 0.700. The highest BCUT2D eigenvalue weighted by atomic mass is 14.8. The molecular weight excluding hydrogens is 244 g/mol. The molecule has 0 amide bonds. The zero-order valence-corrected chi connectivity index (χ0v) is 13.9. The van der Waals surface area contributed by atoms with Crippen LogP contribution in [-0.4, -0.2) is 13.1 Å². The molecule has 2 heteroatoms. The Labute approximate surface area is 126 Å². The monoisotopic (exact) mass is 278 g/mol. The Hall–Kier alpha value is -0.920. The van der Waals surface area contributed by atoms with Crippen LogP contribution in [0.25, 0.3) is 0 Å². The van der Waals surface area contributed by atoms with E-state index in [-0.39, 0.29) is 0 Å². The molecule has 0 aromatic heterocycles. The summed E-state index contributed by atoms with van der Waals surface area (Å²) in [4.78, 5) is 7.84. The Morgan fingerprint density at radius 2 is 1.50 bits per heavy atom. The van der Waals surface area contributed by atoms with Gasteiger partial charge >= 0.3 is 0 Å². The summed E-state index contributed by atoms with van der Waals surface area (Å²) in [6, 6.07) is 0. The standard InChI is InChI=1S/C18H34N2/c1-5-7-9-11-13-18(14-12-10-8-6-2)17(3)15-20-16-19-4/h15-16,18H,4-14H2,1-3H3/b17-15+,20-16?. The first kappa shape index (κ1) is 19.1. The molecule has 2 nitrogen and oxygen atoms in total. The molecule has 0 bridgehead atoms. The fourth-order valence-corrected chi connectivity index (χ4v) is 2.54. The summed E-state index contributed by atoms with van der Waals surface area (Å²) in [6.45, 7) is 10.2. The molecule has 0 saturated carbocycles. The van der Waals surface area contributed by atoms with Gasteiger partial charge in [-0.15, -0.1) is 0 Å². The van der Waals surface area contributed by atoms with Crippen molar-refractivity contribution in [2.24, 2.45) is 15.9 Å². The molecule has 0 aliphatic rings. The van der Waals surface area contributed by atoms with Gasteiger partial charge in [0.25, 0.3) is 0 Å². The van der Waals surface area contributed by atoms with E-state index >= 15 is 0 Å². The largest absolute Gasteiger partial charge is 0.253 e. The van der Waals surface area contributed by atoms with Crippen molar-refractivity contribution in [2.45, 2.75) is 85.0 Å². The summed E-state index contributed by atoms with van der Waals surface area (Å²) in [6.07, 6.45) is 16.9. The van der Waals surface area contributed by atoms with Crippen LogP contribution < -0.4 is 0 Å². The molecule has 0 heterocycles. The smallest absolute Gasteiger partial charge is 0.114 e. The van der Waals surface area contributed by atoms with E-state index in [4.69, 9.17) is 0 Å². The second-order valence-electron chi connectivity index (χ2n) is 5.72. The van der Waals surface area contributed by atoms with Crippen molar-refractivity contribution in [3.05, 3.63) is 11.8 Å². The lowest BCUT2D eigenvalue weighted by atomic mass is 9.89. The molecule has 0 unspecified atom stereocenters. The van der Waals surface area contributed by atoms with Crippen LogP contribution in [0.4, 0.5) is 0 Å². The zero-order chi connectivity index (χ0) is 15.1. The molecule has 0 rings (SSSR count). The SMILES string of the molecule is C=NC=N/C=C(\C)C(CCCCCC)CCCCCC. The normalized spacial score (nSPS) is 12.5. The van der Waals surface area contributed by atoms with Crippen molar-refractivity contribution in [2.75, 3.05) is 0 Å². The second kappa shape index (κ2) is 14.5. The highest BCUT2D eigenvalue weighted by Gasteiger charge is 2.10. The van der Waals surface area contributed by atoms with Crippen LogP contribution in [0.2, 0.25) is 0 Å². The maximum atomic E-state index is 4.18. The van der Waals surface area contributed by atoms with Gasteiger partial charge in [-0.05, 0) is 32.4 Å². The van der Waals surface area contributed by atoms with Crippen LogP contribution in [0.5, 0.6) is 0 Å². The molecule has 116 valence electrons. The number of aliphatic imine (C=N–C) groups is 2. The van der Waals surface area contributed by atoms with Gasteiger partial charge in [-0.1, -0.05) is 70.8 Å². The number of unbranched alkanes of at least 4 members (excludes halogenated alkanes) is 6. The molecule has 0 spiro atoms. The van der Waals surface area contributed by atoms with Gasteiger partial charge < -0.3 is 0 Å². The molecule has 0 radical (unpaired) electrons. The van der Waals surface area contributed by atoms with Crippen LogP contribution in [0.1, 0.15) is 85.0 Å². The molecule has 0 aliphatic carbocycles. The number of allylic oxidation sites excluding steroid dienone is 1. The van der Waals surface area contributed by atoms with Crippen molar-refractivity contribution in [1.29, 1.82) is 0 Å². The van der Waals surface area contributed by atoms with Crippen molar-refractivity contribution in [1.82, 2.24) is 0 Å². The van der Waals surface area contributed by atoms with E-state index in [1.165, 1.54) is 76.1 Å². The molecule has 0 atom stereocenters. The van der Waals surface area contributed by atoms with Gasteiger partial charge in [-0.3, -0.25) is 4.99 Å². The number of nitrogens with zero attached hydrogens (tertiary/aromatic N) is 2. The van der Waals surface area contributed by atoms with Crippen LogP contribution in [0.3, 0.4) is 0 Å². The molecular formula is C18H34N2. The topological polar surface area (TPSA) is 24.7 Å². The summed E-state index contributed by atoms with van der Waals surface area (Å²) < 4.78 is 0. The summed E-state index contributed by atoms with van der Waals surface area (Å²) in [5, 5.41) is 0. The minimum absolute atomic E-state index is 0.700. The maximum Gasteiger partial charge on any atom is 0.114 e. The van der Waals surface area contributed by atoms with E-state index in [2.05, 4.69) is 37.5 Å². The van der Waals surface area contributed by atoms with E-state index in [9.17, 15) is 0 Å². The fourth-order valence-electron chi connectivity index (χ4n) is 2.54. The molecule has 0 fully saturated rings. The van der Waals surface area contributed by atoms with Gasteiger partial charge in [0.2, 0.25) is 0 Å². The first-order valence-electron chi connectivity index (χ1n) is 8.40. The second-order valence-corrected chi connectivity index (χ2v) is 5.72. The van der Waals surface area contributed by atoms with Crippen LogP contribution in [0, 0.1) is 5.92 Å². The Balaban J connectivity index is 4.24. The average Bonchev–Trinajstić information content (AvgIpc) is 2.45. The predicted octanol–water partition coefficient (Wildman–Crippen LogP) is 6.18. The van der Waals surface area contributed by atoms with Crippen molar-refractivity contribution >= 4 is 13.1 Å². The van der Waals surface area contributed by atoms with Gasteiger partial charge in [-0.25, -0.2) is 4.99 Å². The summed E-state index contributed by atoms with van der Waals surface area (Å²) >= 11 is 0. The van der Waals surface area contributed by atoms with Gasteiger partial charge in [0, 0.05) is 6.20 Å². The number of hydrogen-bond donors (Lipinski definition) is 0. The van der Waals surface area contributed by atoms with E-state index in [1.54, 1.807) is 0 Å². The maximum absolute atomic E-state index is 4.18. The third kappa shape index (κ3) is 11.0. The number of hydrogen-bond acceptors (Lipinski definition) is 1. The molecule has 0 aromatic rings. The molecule has 0 aromatic carbocycles. The van der Waals surface area contributed by atoms with Crippen LogP contribution >= 0.6 is 0 Å². The molecule has 20 heavy (non-hydrogen) atoms.